The number of anilines is 1. The summed E-state index contributed by atoms with van der Waals surface area (Å²) in [6, 6.07) is 3.10. The molecule has 0 fully saturated rings. The summed E-state index contributed by atoms with van der Waals surface area (Å²) in [4.78, 5) is 10.1. The molecule has 5 nitrogen and oxygen atoms in total. The van der Waals surface area contributed by atoms with E-state index in [0.717, 1.165) is 0 Å². The third-order valence-electron chi connectivity index (χ3n) is 1.59. The van der Waals surface area contributed by atoms with E-state index in [2.05, 4.69) is 5.32 Å². The molecule has 1 N–H and O–H groups in total. The third kappa shape index (κ3) is 1.34. The van der Waals surface area contributed by atoms with Crippen LogP contribution in [0.3, 0.4) is 0 Å². The van der Waals surface area contributed by atoms with Gasteiger partial charge in [0.15, 0.2) is 0 Å². The maximum atomic E-state index is 10.5. The van der Waals surface area contributed by atoms with Crippen molar-refractivity contribution in [3.8, 4) is 0 Å². The normalized spacial score (nSPS) is 9.50. The van der Waals surface area contributed by atoms with Crippen LogP contribution in [-0.2, 0) is 7.05 Å². The topological polar surface area (TPSA) is 59.1 Å². The van der Waals surface area contributed by atoms with Crippen molar-refractivity contribution in [1.82, 2.24) is 0 Å². The monoisotopic (exact) mass is 168 g/mol. The second-order valence-electron chi connectivity index (χ2n) is 2.36. The zero-order chi connectivity index (χ0) is 9.14. The average Bonchev–Trinajstić information content (AvgIpc) is 2.03. The highest BCUT2D eigenvalue weighted by Gasteiger charge is 2.19. The van der Waals surface area contributed by atoms with Crippen molar-refractivity contribution in [1.29, 1.82) is 0 Å². The first-order valence-corrected chi connectivity index (χ1v) is 3.47. The molecule has 1 heterocycles. The molecular formula is C7H10N3O2+. The predicted octanol–water partition coefficient (Wildman–Crippen LogP) is 0.461. The molecule has 0 saturated carbocycles. The van der Waals surface area contributed by atoms with Gasteiger partial charge in [-0.05, 0) is 6.07 Å². The van der Waals surface area contributed by atoms with E-state index >= 15 is 0 Å². The van der Waals surface area contributed by atoms with Crippen LogP contribution in [0.2, 0.25) is 0 Å². The Hall–Kier alpha value is -1.65. The summed E-state index contributed by atoms with van der Waals surface area (Å²) in [6.07, 6.45) is 1.75. The first kappa shape index (κ1) is 8.45. The fourth-order valence-electron chi connectivity index (χ4n) is 1.05. The number of aryl methyl sites for hydroxylation is 1. The van der Waals surface area contributed by atoms with Gasteiger partial charge in [0, 0.05) is 6.07 Å². The zero-order valence-electron chi connectivity index (χ0n) is 6.94. The molecule has 12 heavy (non-hydrogen) atoms. The van der Waals surface area contributed by atoms with Gasteiger partial charge >= 0.3 is 11.5 Å². The van der Waals surface area contributed by atoms with Crippen LogP contribution in [-0.4, -0.2) is 12.0 Å². The molecule has 1 rings (SSSR count). The molecule has 0 aliphatic carbocycles. The summed E-state index contributed by atoms with van der Waals surface area (Å²) < 4.78 is 1.66. The van der Waals surface area contributed by atoms with Crippen LogP contribution in [0.4, 0.5) is 11.5 Å². The van der Waals surface area contributed by atoms with Crippen LogP contribution in [0, 0.1) is 10.1 Å². The molecule has 0 radical (unpaired) electrons. The molecular weight excluding hydrogens is 158 g/mol. The number of hydrogen-bond acceptors (Lipinski definition) is 3. The molecule has 1 aromatic rings. The fraction of sp³-hybridized carbons (Fsp3) is 0.286. The van der Waals surface area contributed by atoms with Crippen LogP contribution < -0.4 is 9.88 Å². The Morgan fingerprint density at radius 3 is 2.75 bits per heavy atom. The quantitative estimate of drug-likeness (QED) is 0.396. The first-order valence-electron chi connectivity index (χ1n) is 3.47. The SMILES string of the molecule is CNc1c([N+](=O)[O-])ccc[n+]1C. The minimum atomic E-state index is -0.411. The van der Waals surface area contributed by atoms with Crippen LogP contribution in [0.1, 0.15) is 0 Å². The lowest BCUT2D eigenvalue weighted by atomic mass is 10.4. The number of nitrogens with zero attached hydrogens (tertiary/aromatic N) is 2. The summed E-state index contributed by atoms with van der Waals surface area (Å²) in [7, 11) is 3.40. The van der Waals surface area contributed by atoms with Gasteiger partial charge in [0.1, 0.15) is 0 Å². The highest BCUT2D eigenvalue weighted by molar-refractivity contribution is 5.50. The number of aromatic nitrogens is 1. The van der Waals surface area contributed by atoms with E-state index < -0.39 is 4.92 Å². The minimum Gasteiger partial charge on any atom is -0.271 e. The highest BCUT2D eigenvalue weighted by atomic mass is 16.6. The van der Waals surface area contributed by atoms with Gasteiger partial charge in [-0.15, -0.1) is 0 Å². The minimum absolute atomic E-state index is 0.0856. The van der Waals surface area contributed by atoms with Crippen molar-refractivity contribution in [3.63, 3.8) is 0 Å². The molecule has 0 aliphatic heterocycles. The van der Waals surface area contributed by atoms with Gasteiger partial charge < -0.3 is 0 Å². The lowest BCUT2D eigenvalue weighted by molar-refractivity contribution is -0.659. The zero-order valence-corrected chi connectivity index (χ0v) is 6.94. The molecule has 0 spiro atoms. The molecule has 0 unspecified atom stereocenters. The van der Waals surface area contributed by atoms with E-state index in [0.29, 0.717) is 5.82 Å². The van der Waals surface area contributed by atoms with Gasteiger partial charge in [-0.25, -0.2) is 4.57 Å². The molecule has 0 bridgehead atoms. The van der Waals surface area contributed by atoms with Gasteiger partial charge in [0.25, 0.3) is 0 Å². The van der Waals surface area contributed by atoms with Gasteiger partial charge in [0.2, 0.25) is 0 Å². The summed E-state index contributed by atoms with van der Waals surface area (Å²) >= 11 is 0. The summed E-state index contributed by atoms with van der Waals surface area (Å²) in [5, 5.41) is 13.3. The van der Waals surface area contributed by atoms with Crippen LogP contribution in [0.15, 0.2) is 18.3 Å². The van der Waals surface area contributed by atoms with Crippen molar-refractivity contribution in [2.75, 3.05) is 12.4 Å². The van der Waals surface area contributed by atoms with E-state index in [-0.39, 0.29) is 5.69 Å². The van der Waals surface area contributed by atoms with Gasteiger partial charge in [0.05, 0.1) is 25.2 Å². The Balaban J connectivity index is 3.27. The number of nitro groups is 1. The Kier molecular flexibility index (Phi) is 2.23. The Morgan fingerprint density at radius 2 is 2.33 bits per heavy atom. The van der Waals surface area contributed by atoms with E-state index in [1.807, 2.05) is 0 Å². The second-order valence-corrected chi connectivity index (χ2v) is 2.36. The lowest BCUT2D eigenvalue weighted by Gasteiger charge is -1.98. The van der Waals surface area contributed by atoms with Crippen LogP contribution >= 0.6 is 0 Å². The molecule has 0 aromatic carbocycles. The maximum absolute atomic E-state index is 10.5. The number of pyridine rings is 1. The molecule has 0 amide bonds. The maximum Gasteiger partial charge on any atom is 0.357 e. The largest absolute Gasteiger partial charge is 0.357 e. The summed E-state index contributed by atoms with van der Waals surface area (Å²) in [5.74, 6) is 0.502. The van der Waals surface area contributed by atoms with Crippen LogP contribution in [0.25, 0.3) is 0 Å². The number of rotatable bonds is 2. The van der Waals surface area contributed by atoms with E-state index in [1.165, 1.54) is 6.07 Å². The average molecular weight is 168 g/mol. The number of nitrogens with one attached hydrogen (secondary N) is 1. The lowest BCUT2D eigenvalue weighted by Crippen LogP contribution is -2.31. The Bertz CT molecular complexity index is 312. The number of hydrogen-bond donors (Lipinski definition) is 1. The van der Waals surface area contributed by atoms with Crippen molar-refractivity contribution in [3.05, 3.63) is 28.4 Å². The van der Waals surface area contributed by atoms with E-state index in [9.17, 15) is 10.1 Å². The molecule has 0 aliphatic rings. The van der Waals surface area contributed by atoms with Crippen molar-refractivity contribution < 1.29 is 9.49 Å². The highest BCUT2D eigenvalue weighted by Crippen LogP contribution is 2.17. The van der Waals surface area contributed by atoms with Crippen molar-refractivity contribution >= 4 is 11.5 Å². The smallest absolute Gasteiger partial charge is 0.271 e. The first-order chi connectivity index (χ1) is 5.66. The van der Waals surface area contributed by atoms with E-state index in [4.69, 9.17) is 0 Å². The van der Waals surface area contributed by atoms with Crippen molar-refractivity contribution in [2.45, 2.75) is 0 Å². The second kappa shape index (κ2) is 3.17. The fourth-order valence-corrected chi connectivity index (χ4v) is 1.05. The molecule has 1 aromatic heterocycles. The third-order valence-corrected chi connectivity index (χ3v) is 1.59. The Morgan fingerprint density at radius 1 is 1.67 bits per heavy atom. The van der Waals surface area contributed by atoms with E-state index in [1.54, 1.807) is 30.9 Å². The molecule has 5 heteroatoms. The summed E-state index contributed by atoms with van der Waals surface area (Å²) in [5.41, 5.74) is 0.0856. The van der Waals surface area contributed by atoms with Crippen molar-refractivity contribution in [2.24, 2.45) is 7.05 Å². The van der Waals surface area contributed by atoms with Gasteiger partial charge in [-0.3, -0.25) is 15.4 Å². The van der Waals surface area contributed by atoms with Gasteiger partial charge in [-0.2, -0.15) is 0 Å². The van der Waals surface area contributed by atoms with Crippen LogP contribution in [0.5, 0.6) is 0 Å². The van der Waals surface area contributed by atoms with Gasteiger partial charge in [-0.1, -0.05) is 0 Å². The standard InChI is InChI=1S/C7H9N3O2/c1-8-7-6(10(11)12)4-3-5-9(7)2/h3-5H,1-2H3/p+1. The molecule has 0 atom stereocenters. The predicted molar refractivity (Wildman–Crippen MR) is 43.8 cm³/mol. The summed E-state index contributed by atoms with van der Waals surface area (Å²) in [6.45, 7) is 0. The Labute approximate surface area is 69.8 Å². The molecule has 64 valence electrons. The molecule has 0 saturated heterocycles.